The molecule has 0 radical (unpaired) electrons. The van der Waals surface area contributed by atoms with Crippen LogP contribution in [-0.2, 0) is 23.9 Å². The van der Waals surface area contributed by atoms with Gasteiger partial charge in [0, 0.05) is 37.9 Å². The number of amides is 3. The third kappa shape index (κ3) is 4.78. The van der Waals surface area contributed by atoms with E-state index in [1.54, 1.807) is 4.90 Å². The second-order valence-electron chi connectivity index (χ2n) is 11.8. The fourth-order valence-corrected chi connectivity index (χ4v) is 7.15. The van der Waals surface area contributed by atoms with Gasteiger partial charge in [0.2, 0.25) is 17.7 Å². The number of hydrogen-bond acceptors (Lipinski definition) is 6. The molecule has 1 aliphatic carbocycles. The number of aryl methyl sites for hydroxylation is 2. The average Bonchev–Trinajstić information content (AvgIpc) is 3.58. The van der Waals surface area contributed by atoms with E-state index in [-0.39, 0.29) is 23.8 Å². The molecule has 5 atom stereocenters. The van der Waals surface area contributed by atoms with Crippen LogP contribution in [-0.4, -0.2) is 90.7 Å². The number of benzene rings is 1. The number of likely N-dealkylation sites (tertiary alicyclic amines) is 1. The molecule has 6 rings (SSSR count). The summed E-state index contributed by atoms with van der Waals surface area (Å²) < 4.78 is 12.0. The van der Waals surface area contributed by atoms with Crippen molar-refractivity contribution in [2.24, 2.45) is 11.8 Å². The molecule has 39 heavy (non-hydrogen) atoms. The van der Waals surface area contributed by atoms with Gasteiger partial charge in [-0.05, 0) is 49.9 Å². The first kappa shape index (κ1) is 26.5. The Hall–Kier alpha value is -2.75. The fraction of sp³-hybridized carbons (Fsp3) is 0.633. The van der Waals surface area contributed by atoms with E-state index >= 15 is 0 Å². The summed E-state index contributed by atoms with van der Waals surface area (Å²) in [6.07, 6.45) is 8.53. The Balaban J connectivity index is 1.26. The van der Waals surface area contributed by atoms with Crippen molar-refractivity contribution in [3.8, 4) is 0 Å². The van der Waals surface area contributed by atoms with E-state index in [1.807, 2.05) is 44.2 Å². The number of hydrogen-bond donors (Lipinski definition) is 2. The second kappa shape index (κ2) is 10.7. The quantitative estimate of drug-likeness (QED) is 0.519. The average molecular weight is 537 g/mol. The predicted molar refractivity (Wildman–Crippen MR) is 146 cm³/mol. The largest absolute Gasteiger partial charge is 0.379 e. The number of rotatable bonds is 7. The first-order valence-electron chi connectivity index (χ1n) is 14.5. The summed E-state index contributed by atoms with van der Waals surface area (Å²) in [6.45, 7) is 8.03. The molecule has 9 heteroatoms. The van der Waals surface area contributed by atoms with E-state index in [2.05, 4.69) is 15.5 Å². The maximum atomic E-state index is 14.1. The number of carbonyl (C=O) groups excluding carboxylic acids is 3. The molecule has 0 unspecified atom stereocenters. The molecule has 5 aliphatic rings. The van der Waals surface area contributed by atoms with Crippen LogP contribution in [0.5, 0.6) is 0 Å². The van der Waals surface area contributed by atoms with Gasteiger partial charge in [-0.15, -0.1) is 0 Å². The molecule has 2 N–H and O–H groups in total. The predicted octanol–water partition coefficient (Wildman–Crippen LogP) is 2.17. The third-order valence-electron chi connectivity index (χ3n) is 9.41. The maximum absolute atomic E-state index is 14.1. The zero-order chi connectivity index (χ0) is 27.1. The van der Waals surface area contributed by atoms with Crippen molar-refractivity contribution in [3.05, 3.63) is 41.5 Å². The SMILES string of the molecule is Cc1ccc(NC(=O)[C@H]2[C@H]3C=C[C@@]4(O3)[C@H]2C(=O)N(CCN2CCOCC2)[C@@H]4C(=O)NC2CCCCC2)cc1C. The molecule has 1 aromatic rings. The number of nitrogens with one attached hydrogen (secondary N) is 2. The molecule has 3 amide bonds. The molecular weight excluding hydrogens is 496 g/mol. The van der Waals surface area contributed by atoms with Crippen molar-refractivity contribution < 1.29 is 23.9 Å². The highest BCUT2D eigenvalue weighted by Gasteiger charge is 2.72. The summed E-state index contributed by atoms with van der Waals surface area (Å²) in [5.74, 6) is -2.00. The van der Waals surface area contributed by atoms with E-state index in [4.69, 9.17) is 9.47 Å². The summed E-state index contributed by atoms with van der Waals surface area (Å²) in [6, 6.07) is 5.12. The zero-order valence-electron chi connectivity index (χ0n) is 23.0. The first-order valence-corrected chi connectivity index (χ1v) is 14.5. The summed E-state index contributed by atoms with van der Waals surface area (Å²) in [7, 11) is 0. The molecule has 0 aromatic heterocycles. The Bertz CT molecular complexity index is 1160. The van der Waals surface area contributed by atoms with Crippen LogP contribution in [0, 0.1) is 25.7 Å². The van der Waals surface area contributed by atoms with Gasteiger partial charge in [-0.25, -0.2) is 0 Å². The van der Waals surface area contributed by atoms with Crippen molar-refractivity contribution in [1.29, 1.82) is 0 Å². The van der Waals surface area contributed by atoms with Gasteiger partial charge < -0.3 is 25.0 Å². The Labute approximate surface area is 230 Å². The van der Waals surface area contributed by atoms with E-state index < -0.39 is 29.6 Å². The fourth-order valence-electron chi connectivity index (χ4n) is 7.15. The van der Waals surface area contributed by atoms with Crippen LogP contribution in [0.4, 0.5) is 5.69 Å². The molecule has 1 aromatic carbocycles. The highest BCUT2D eigenvalue weighted by atomic mass is 16.5. The number of carbonyl (C=O) groups is 3. The van der Waals surface area contributed by atoms with Gasteiger partial charge in [-0.1, -0.05) is 37.5 Å². The van der Waals surface area contributed by atoms with Crippen molar-refractivity contribution in [1.82, 2.24) is 15.1 Å². The van der Waals surface area contributed by atoms with Crippen LogP contribution in [0.1, 0.15) is 43.2 Å². The molecule has 2 bridgehead atoms. The van der Waals surface area contributed by atoms with E-state index in [0.717, 1.165) is 49.9 Å². The van der Waals surface area contributed by atoms with Gasteiger partial charge in [-0.3, -0.25) is 19.3 Å². The van der Waals surface area contributed by atoms with Crippen LogP contribution < -0.4 is 10.6 Å². The molecule has 9 nitrogen and oxygen atoms in total. The summed E-state index contributed by atoms with van der Waals surface area (Å²) in [5.41, 5.74) is 1.80. The van der Waals surface area contributed by atoms with Crippen molar-refractivity contribution >= 4 is 23.4 Å². The van der Waals surface area contributed by atoms with Crippen LogP contribution in [0.3, 0.4) is 0 Å². The van der Waals surface area contributed by atoms with Crippen LogP contribution in [0.15, 0.2) is 30.4 Å². The van der Waals surface area contributed by atoms with Gasteiger partial charge in [-0.2, -0.15) is 0 Å². The smallest absolute Gasteiger partial charge is 0.246 e. The summed E-state index contributed by atoms with van der Waals surface area (Å²) in [4.78, 5) is 45.7. The minimum Gasteiger partial charge on any atom is -0.379 e. The standard InChI is InChI=1S/C30H40N4O5/c1-19-8-9-22(18-20(19)2)32-27(35)24-23-10-11-30(39-23)25(24)29(37)34(13-12-33-14-16-38-17-15-33)26(30)28(36)31-21-6-4-3-5-7-21/h8-11,18,21,23-26H,3-7,12-17H2,1-2H3,(H,31,36)(H,32,35)/t23-,24+,25-,26-,30-/m1/s1. The first-order chi connectivity index (χ1) is 18.9. The molecule has 4 heterocycles. The van der Waals surface area contributed by atoms with Crippen LogP contribution in [0.25, 0.3) is 0 Å². The van der Waals surface area contributed by atoms with Crippen molar-refractivity contribution in [3.63, 3.8) is 0 Å². The monoisotopic (exact) mass is 536 g/mol. The lowest BCUT2D eigenvalue weighted by Crippen LogP contribution is -2.57. The number of anilines is 1. The Kier molecular flexibility index (Phi) is 7.24. The number of nitrogens with zero attached hydrogens (tertiary/aromatic N) is 2. The zero-order valence-corrected chi connectivity index (χ0v) is 23.0. The van der Waals surface area contributed by atoms with E-state index in [0.29, 0.717) is 32.0 Å². The molecule has 210 valence electrons. The van der Waals surface area contributed by atoms with Gasteiger partial charge in [0.25, 0.3) is 0 Å². The number of fused-ring (bicyclic) bond motifs is 1. The lowest BCUT2D eigenvalue weighted by Gasteiger charge is -2.35. The Morgan fingerprint density at radius 3 is 2.54 bits per heavy atom. The molecular formula is C30H40N4O5. The normalized spacial score (nSPS) is 32.5. The highest BCUT2D eigenvalue weighted by molar-refractivity contribution is 6.02. The molecule has 1 saturated carbocycles. The number of ether oxygens (including phenoxy) is 2. The van der Waals surface area contributed by atoms with Crippen molar-refractivity contribution in [2.75, 3.05) is 44.7 Å². The van der Waals surface area contributed by atoms with E-state index in [1.165, 1.54) is 6.42 Å². The van der Waals surface area contributed by atoms with Crippen LogP contribution >= 0.6 is 0 Å². The summed E-state index contributed by atoms with van der Waals surface area (Å²) >= 11 is 0. The van der Waals surface area contributed by atoms with Gasteiger partial charge in [0.05, 0.1) is 31.2 Å². The minimum atomic E-state index is -1.13. The maximum Gasteiger partial charge on any atom is 0.246 e. The second-order valence-corrected chi connectivity index (χ2v) is 11.8. The topological polar surface area (TPSA) is 100 Å². The lowest BCUT2D eigenvalue weighted by atomic mass is 9.74. The van der Waals surface area contributed by atoms with Gasteiger partial charge in [0.1, 0.15) is 11.6 Å². The molecule has 4 fully saturated rings. The Morgan fingerprint density at radius 1 is 1.03 bits per heavy atom. The Morgan fingerprint density at radius 2 is 1.79 bits per heavy atom. The van der Waals surface area contributed by atoms with E-state index in [9.17, 15) is 14.4 Å². The molecule has 3 saturated heterocycles. The highest BCUT2D eigenvalue weighted by Crippen LogP contribution is 2.55. The molecule has 1 spiro atoms. The molecule has 4 aliphatic heterocycles. The van der Waals surface area contributed by atoms with Crippen molar-refractivity contribution in [2.45, 2.75) is 69.7 Å². The van der Waals surface area contributed by atoms with Gasteiger partial charge >= 0.3 is 0 Å². The third-order valence-corrected chi connectivity index (χ3v) is 9.41. The van der Waals surface area contributed by atoms with Crippen LogP contribution in [0.2, 0.25) is 0 Å². The minimum absolute atomic E-state index is 0.115. The lowest BCUT2D eigenvalue weighted by molar-refractivity contribution is -0.141. The number of morpholine rings is 1. The van der Waals surface area contributed by atoms with Gasteiger partial charge in [0.15, 0.2) is 0 Å². The summed E-state index contributed by atoms with van der Waals surface area (Å²) in [5, 5.41) is 6.28.